The predicted octanol–water partition coefficient (Wildman–Crippen LogP) is 0.00970. The highest BCUT2D eigenvalue weighted by Gasteiger charge is 2.05. The van der Waals surface area contributed by atoms with Crippen LogP contribution < -0.4 is 5.73 Å². The standard InChI is InChI=1S/C7H6N4O2/c8-5-3-11-2-4(6(12)13)1-9-7(11)10-5/h1-3H,8H2,(H,12,13). The van der Waals surface area contributed by atoms with Gasteiger partial charge in [0.15, 0.2) is 0 Å². The van der Waals surface area contributed by atoms with E-state index < -0.39 is 5.97 Å². The number of hydrogen-bond acceptors (Lipinski definition) is 4. The molecule has 0 saturated heterocycles. The maximum atomic E-state index is 10.5. The van der Waals surface area contributed by atoms with Gasteiger partial charge in [0, 0.05) is 12.4 Å². The summed E-state index contributed by atoms with van der Waals surface area (Å²) in [6.07, 6.45) is 4.16. The molecule has 3 N–H and O–H groups in total. The molecular formula is C7H6N4O2. The molecule has 13 heavy (non-hydrogen) atoms. The Morgan fingerprint density at radius 3 is 3.00 bits per heavy atom. The molecule has 0 spiro atoms. The van der Waals surface area contributed by atoms with Gasteiger partial charge in [-0.05, 0) is 0 Å². The molecule has 2 aromatic rings. The second kappa shape index (κ2) is 2.44. The lowest BCUT2D eigenvalue weighted by Gasteiger charge is -1.93. The van der Waals surface area contributed by atoms with E-state index in [0.717, 1.165) is 0 Å². The Labute approximate surface area is 72.6 Å². The number of fused-ring (bicyclic) bond motifs is 1. The van der Waals surface area contributed by atoms with Crippen molar-refractivity contribution in [3.8, 4) is 0 Å². The number of carboxylic acids is 1. The minimum Gasteiger partial charge on any atom is -0.478 e. The van der Waals surface area contributed by atoms with E-state index in [4.69, 9.17) is 10.8 Å². The highest BCUT2D eigenvalue weighted by Crippen LogP contribution is 2.05. The van der Waals surface area contributed by atoms with Gasteiger partial charge >= 0.3 is 5.97 Å². The lowest BCUT2D eigenvalue weighted by molar-refractivity contribution is 0.0696. The van der Waals surface area contributed by atoms with E-state index in [1.54, 1.807) is 0 Å². The molecule has 2 heterocycles. The average Bonchev–Trinajstić information content (AvgIpc) is 2.42. The Bertz CT molecular complexity index is 476. The van der Waals surface area contributed by atoms with Gasteiger partial charge in [0.05, 0.1) is 11.8 Å². The molecule has 0 atom stereocenters. The van der Waals surface area contributed by atoms with Crippen LogP contribution in [0.1, 0.15) is 10.4 Å². The number of carbonyl (C=O) groups is 1. The summed E-state index contributed by atoms with van der Waals surface area (Å²) in [4.78, 5) is 18.2. The van der Waals surface area contributed by atoms with Gasteiger partial charge in [0.2, 0.25) is 5.78 Å². The van der Waals surface area contributed by atoms with Gasteiger partial charge in [-0.3, -0.25) is 4.40 Å². The van der Waals surface area contributed by atoms with Crippen molar-refractivity contribution < 1.29 is 9.90 Å². The van der Waals surface area contributed by atoms with Crippen molar-refractivity contribution in [3.05, 3.63) is 24.2 Å². The molecule has 0 fully saturated rings. The molecule has 0 aliphatic heterocycles. The Morgan fingerprint density at radius 2 is 2.31 bits per heavy atom. The molecular weight excluding hydrogens is 172 g/mol. The van der Waals surface area contributed by atoms with Gasteiger partial charge in [-0.2, -0.15) is 4.98 Å². The fourth-order valence-electron chi connectivity index (χ4n) is 1.01. The van der Waals surface area contributed by atoms with E-state index in [1.165, 1.54) is 23.0 Å². The van der Waals surface area contributed by atoms with E-state index in [1.807, 2.05) is 0 Å². The number of imidazole rings is 1. The number of aromatic nitrogens is 3. The molecule has 6 heteroatoms. The Morgan fingerprint density at radius 1 is 1.54 bits per heavy atom. The number of aromatic carboxylic acids is 1. The van der Waals surface area contributed by atoms with Crippen molar-refractivity contribution in [3.63, 3.8) is 0 Å². The van der Waals surface area contributed by atoms with Crippen LogP contribution in [-0.4, -0.2) is 25.4 Å². The van der Waals surface area contributed by atoms with Gasteiger partial charge in [-0.25, -0.2) is 9.78 Å². The van der Waals surface area contributed by atoms with Crippen LogP contribution in [0.5, 0.6) is 0 Å². The predicted molar refractivity (Wildman–Crippen MR) is 44.4 cm³/mol. The quantitative estimate of drug-likeness (QED) is 0.641. The van der Waals surface area contributed by atoms with Gasteiger partial charge in [-0.15, -0.1) is 0 Å². The lowest BCUT2D eigenvalue weighted by Crippen LogP contribution is -1.99. The number of nitrogens with two attached hydrogens (primary N) is 1. The Balaban J connectivity index is 2.67. The lowest BCUT2D eigenvalue weighted by atomic mass is 10.3. The molecule has 66 valence electrons. The van der Waals surface area contributed by atoms with Crippen LogP contribution in [-0.2, 0) is 0 Å². The molecule has 2 aromatic heterocycles. The number of nitrogen functional groups attached to an aromatic ring is 1. The van der Waals surface area contributed by atoms with E-state index in [-0.39, 0.29) is 5.56 Å². The van der Waals surface area contributed by atoms with Gasteiger partial charge < -0.3 is 10.8 Å². The summed E-state index contributed by atoms with van der Waals surface area (Å²) in [6.45, 7) is 0. The number of nitrogens with zero attached hydrogens (tertiary/aromatic N) is 3. The molecule has 2 rings (SSSR count). The smallest absolute Gasteiger partial charge is 0.338 e. The second-order valence-corrected chi connectivity index (χ2v) is 2.52. The second-order valence-electron chi connectivity index (χ2n) is 2.52. The van der Waals surface area contributed by atoms with Crippen molar-refractivity contribution in [2.45, 2.75) is 0 Å². The van der Waals surface area contributed by atoms with E-state index in [9.17, 15) is 4.79 Å². The highest BCUT2D eigenvalue weighted by atomic mass is 16.4. The molecule has 0 aliphatic carbocycles. The SMILES string of the molecule is Nc1cn2cc(C(=O)O)cnc2n1. The van der Waals surface area contributed by atoms with E-state index in [0.29, 0.717) is 11.6 Å². The van der Waals surface area contributed by atoms with Crippen LogP contribution in [0.25, 0.3) is 5.78 Å². The molecule has 6 nitrogen and oxygen atoms in total. The minimum atomic E-state index is -1.03. The van der Waals surface area contributed by atoms with Crippen molar-refractivity contribution >= 4 is 17.6 Å². The Kier molecular flexibility index (Phi) is 1.42. The first-order valence-electron chi connectivity index (χ1n) is 3.50. The minimum absolute atomic E-state index is 0.102. The summed E-state index contributed by atoms with van der Waals surface area (Å²) >= 11 is 0. The van der Waals surface area contributed by atoms with Crippen LogP contribution in [0.3, 0.4) is 0 Å². The number of rotatable bonds is 1. The first-order chi connectivity index (χ1) is 6.16. The summed E-state index contributed by atoms with van der Waals surface area (Å²) in [5, 5.41) is 8.65. The zero-order valence-electron chi connectivity index (χ0n) is 6.51. The van der Waals surface area contributed by atoms with Crippen LogP contribution in [0.15, 0.2) is 18.6 Å². The monoisotopic (exact) mass is 178 g/mol. The third-order valence-corrected chi connectivity index (χ3v) is 1.58. The van der Waals surface area contributed by atoms with E-state index in [2.05, 4.69) is 9.97 Å². The van der Waals surface area contributed by atoms with Gasteiger partial charge in [0.25, 0.3) is 0 Å². The largest absolute Gasteiger partial charge is 0.478 e. The maximum absolute atomic E-state index is 10.5. The summed E-state index contributed by atoms with van der Waals surface area (Å²) in [5.74, 6) is -0.320. The van der Waals surface area contributed by atoms with Crippen LogP contribution >= 0.6 is 0 Å². The molecule has 0 aliphatic rings. The summed E-state index contributed by atoms with van der Waals surface area (Å²) in [6, 6.07) is 0. The number of anilines is 1. The topological polar surface area (TPSA) is 93.5 Å². The zero-order chi connectivity index (χ0) is 9.42. The number of carboxylic acid groups (broad SMARTS) is 1. The van der Waals surface area contributed by atoms with Crippen molar-refractivity contribution in [1.29, 1.82) is 0 Å². The fourth-order valence-corrected chi connectivity index (χ4v) is 1.01. The van der Waals surface area contributed by atoms with Crippen molar-refractivity contribution in [1.82, 2.24) is 14.4 Å². The zero-order valence-corrected chi connectivity index (χ0v) is 6.51. The van der Waals surface area contributed by atoms with Crippen LogP contribution in [0.2, 0.25) is 0 Å². The van der Waals surface area contributed by atoms with Crippen LogP contribution in [0.4, 0.5) is 5.82 Å². The maximum Gasteiger partial charge on any atom is 0.338 e. The third kappa shape index (κ3) is 1.18. The normalized spacial score (nSPS) is 10.5. The summed E-state index contributed by atoms with van der Waals surface area (Å²) < 4.78 is 1.47. The molecule has 0 bridgehead atoms. The Hall–Kier alpha value is -2.11. The van der Waals surface area contributed by atoms with E-state index >= 15 is 0 Å². The number of hydrogen-bond donors (Lipinski definition) is 2. The first-order valence-corrected chi connectivity index (χ1v) is 3.50. The van der Waals surface area contributed by atoms with Crippen LogP contribution in [0, 0.1) is 0 Å². The molecule has 0 radical (unpaired) electrons. The molecule has 0 unspecified atom stereocenters. The van der Waals surface area contributed by atoms with Gasteiger partial charge in [-0.1, -0.05) is 0 Å². The molecule has 0 amide bonds. The average molecular weight is 178 g/mol. The summed E-state index contributed by atoms with van der Waals surface area (Å²) in [5.41, 5.74) is 5.50. The molecule has 0 aromatic carbocycles. The van der Waals surface area contributed by atoms with Crippen molar-refractivity contribution in [2.75, 3.05) is 5.73 Å². The van der Waals surface area contributed by atoms with Gasteiger partial charge in [0.1, 0.15) is 5.82 Å². The fraction of sp³-hybridized carbons (Fsp3) is 0. The first kappa shape index (κ1) is 7.53. The molecule has 0 saturated carbocycles. The highest BCUT2D eigenvalue weighted by molar-refractivity contribution is 5.87. The van der Waals surface area contributed by atoms with Crippen molar-refractivity contribution in [2.24, 2.45) is 0 Å². The third-order valence-electron chi connectivity index (χ3n) is 1.58. The summed E-state index contributed by atoms with van der Waals surface area (Å²) in [7, 11) is 0.